The Balaban J connectivity index is 2.24. The zero-order valence-corrected chi connectivity index (χ0v) is 20.6. The van der Waals surface area contributed by atoms with Crippen LogP contribution < -0.4 is 4.74 Å². The minimum absolute atomic E-state index is 0.719. The predicted molar refractivity (Wildman–Crippen MR) is 115 cm³/mol. The van der Waals surface area contributed by atoms with Crippen LogP contribution in [-0.4, -0.2) is 45.8 Å². The van der Waals surface area contributed by atoms with Crippen molar-refractivity contribution in [3.8, 4) is 5.75 Å². The normalized spacial score (nSPS) is 18.7. The largest absolute Gasteiger partial charge is 0.481 e. The van der Waals surface area contributed by atoms with Crippen LogP contribution in [0.4, 0.5) is 39.5 Å². The van der Waals surface area contributed by atoms with Gasteiger partial charge in [-0.05, 0) is 6.92 Å². The van der Waals surface area contributed by atoms with E-state index < -0.39 is 137 Å². The van der Waals surface area contributed by atoms with E-state index in [-0.39, 0.29) is 0 Å². The minimum atomic E-state index is -3.37. The molecule has 0 heterocycles. The summed E-state index contributed by atoms with van der Waals surface area (Å²) in [6.07, 6.45) is -12.7. The van der Waals surface area contributed by atoms with Crippen LogP contribution in [0.15, 0.2) is 23.2 Å². The van der Waals surface area contributed by atoms with E-state index in [1.54, 1.807) is 0 Å². The zero-order chi connectivity index (χ0) is 31.4. The predicted octanol–water partition coefficient (Wildman–Crippen LogP) is 5.46. The number of rotatable bonds is 12. The summed E-state index contributed by atoms with van der Waals surface area (Å²) >= 11 is 0. The van der Waals surface area contributed by atoms with Crippen LogP contribution in [0.5, 0.6) is 5.75 Å². The highest BCUT2D eigenvalue weighted by atomic mass is 19.2. The van der Waals surface area contributed by atoms with Gasteiger partial charge in [-0.2, -0.15) is 8.78 Å². The van der Waals surface area contributed by atoms with Crippen molar-refractivity contribution in [1.82, 2.24) is 0 Å². The van der Waals surface area contributed by atoms with Gasteiger partial charge in [0.05, 0.1) is 19.3 Å². The summed E-state index contributed by atoms with van der Waals surface area (Å²) in [6, 6.07) is 0. The first-order chi connectivity index (χ1) is 18.9. The zero-order valence-electron chi connectivity index (χ0n) is 20.6. The van der Waals surface area contributed by atoms with E-state index in [0.717, 1.165) is 6.92 Å². The lowest BCUT2D eigenvalue weighted by molar-refractivity contribution is -0.573. The number of halogens is 9. The van der Waals surface area contributed by atoms with E-state index in [0.29, 0.717) is 0 Å². The second kappa shape index (κ2) is 13.0. The average Bonchev–Trinajstić information content (AvgIpc) is 2.92. The number of carboxylic acid groups (broad SMARTS) is 1. The molecule has 3 atom stereocenters. The lowest BCUT2D eigenvalue weighted by atomic mass is 9.84. The van der Waals surface area contributed by atoms with Gasteiger partial charge in [0.2, 0.25) is 23.0 Å². The van der Waals surface area contributed by atoms with E-state index in [2.05, 4.69) is 9.47 Å². The van der Waals surface area contributed by atoms with Gasteiger partial charge in [0, 0.05) is 29.7 Å². The van der Waals surface area contributed by atoms with Gasteiger partial charge in [-0.3, -0.25) is 24.5 Å². The van der Waals surface area contributed by atoms with Gasteiger partial charge < -0.3 is 14.6 Å². The molecule has 3 unspecified atom stereocenters. The number of ether oxygens (including phenoxy) is 2. The van der Waals surface area contributed by atoms with Crippen molar-refractivity contribution in [3.63, 3.8) is 0 Å². The third-order valence-corrected chi connectivity index (χ3v) is 6.04. The maximum absolute atomic E-state index is 14.0. The fraction of sp³-hybridized carbons (Fsp3) is 0.435. The molecule has 1 aliphatic carbocycles. The highest BCUT2D eigenvalue weighted by Crippen LogP contribution is 2.38. The van der Waals surface area contributed by atoms with Crippen LogP contribution >= 0.6 is 0 Å². The summed E-state index contributed by atoms with van der Waals surface area (Å²) in [5.41, 5.74) is -3.47. The van der Waals surface area contributed by atoms with Gasteiger partial charge in [-0.1, -0.05) is 0 Å². The Kier molecular flexibility index (Phi) is 10.5. The molecule has 0 aromatic heterocycles. The first kappa shape index (κ1) is 33.1. The Hall–Kier alpha value is -4.12. The van der Waals surface area contributed by atoms with Gasteiger partial charge in [0.15, 0.2) is 47.1 Å². The molecule has 0 saturated heterocycles. The van der Waals surface area contributed by atoms with Crippen LogP contribution in [0.1, 0.15) is 44.1 Å². The number of alkyl halides is 2. The van der Waals surface area contributed by atoms with E-state index in [4.69, 9.17) is 5.11 Å². The number of carbonyl (C=O) groups is 3. The molecule has 0 bridgehead atoms. The smallest absolute Gasteiger partial charge is 0.311 e. The number of hydrogen-bond donors (Lipinski definition) is 1. The molecule has 0 saturated carbocycles. The standard InChI is InChI=1S/C23H18F9NO8/c1-8-12(24)13(25)15(27)18(30)21(8)40-10(36)3-6-23(33(38)39,5-2-9(34)35)7-4-11(37)41-22-19(31)16(28)14(26)17(29)20(22)32/h16,19H,2-7H2,1H3,(H,34,35). The molecular formula is C23H18F9NO8. The first-order valence-electron chi connectivity index (χ1n) is 11.3. The van der Waals surface area contributed by atoms with Crippen LogP contribution in [0.3, 0.4) is 0 Å². The number of nitro groups is 1. The lowest BCUT2D eigenvalue weighted by Gasteiger charge is -2.25. The Morgan fingerprint density at radius 3 is 1.80 bits per heavy atom. The number of allylic oxidation sites excluding steroid dienone is 4. The Morgan fingerprint density at radius 1 is 0.805 bits per heavy atom. The molecule has 0 fully saturated rings. The summed E-state index contributed by atoms with van der Waals surface area (Å²) in [4.78, 5) is 46.2. The molecule has 0 aliphatic heterocycles. The SMILES string of the molecule is Cc1c(F)c(F)c(F)c(F)c1OC(=O)CCC(CCC(=O)O)(CCC(=O)OC1=C(F)C(F)=C(F)C(F)C1F)[N+](=O)[O-]. The highest BCUT2D eigenvalue weighted by molar-refractivity contribution is 5.73. The van der Waals surface area contributed by atoms with Crippen molar-refractivity contribution in [2.45, 2.75) is 63.3 Å². The minimum Gasteiger partial charge on any atom is -0.481 e. The summed E-state index contributed by atoms with van der Waals surface area (Å²) < 4.78 is 131. The van der Waals surface area contributed by atoms with Crippen molar-refractivity contribution < 1.29 is 73.4 Å². The van der Waals surface area contributed by atoms with E-state index in [1.165, 1.54) is 0 Å². The van der Waals surface area contributed by atoms with Crippen molar-refractivity contribution in [1.29, 1.82) is 0 Å². The summed E-state index contributed by atoms with van der Waals surface area (Å²) in [7, 11) is 0. The van der Waals surface area contributed by atoms with Crippen LogP contribution in [0, 0.1) is 40.3 Å². The van der Waals surface area contributed by atoms with E-state index >= 15 is 0 Å². The quantitative estimate of drug-likeness (QED) is 0.0630. The van der Waals surface area contributed by atoms with Crippen molar-refractivity contribution in [2.75, 3.05) is 0 Å². The number of benzene rings is 1. The molecule has 9 nitrogen and oxygen atoms in total. The summed E-state index contributed by atoms with van der Waals surface area (Å²) in [5, 5.41) is 20.8. The molecule has 0 amide bonds. The number of aliphatic carboxylic acids is 1. The molecule has 226 valence electrons. The molecule has 1 N–H and O–H groups in total. The van der Waals surface area contributed by atoms with Crippen LogP contribution in [0.25, 0.3) is 0 Å². The Bertz CT molecular complexity index is 1300. The van der Waals surface area contributed by atoms with Gasteiger partial charge in [-0.15, -0.1) is 0 Å². The van der Waals surface area contributed by atoms with E-state index in [9.17, 15) is 64.0 Å². The van der Waals surface area contributed by atoms with E-state index in [1.807, 2.05) is 0 Å². The molecule has 0 spiro atoms. The molecule has 1 aromatic rings. The van der Waals surface area contributed by atoms with Crippen molar-refractivity contribution in [2.24, 2.45) is 0 Å². The first-order valence-corrected chi connectivity index (χ1v) is 11.3. The van der Waals surface area contributed by atoms with Crippen molar-refractivity contribution >= 4 is 17.9 Å². The number of esters is 2. The van der Waals surface area contributed by atoms with Crippen molar-refractivity contribution in [3.05, 3.63) is 62.2 Å². The molecule has 1 aromatic carbocycles. The van der Waals surface area contributed by atoms with Crippen LogP contribution in [0.2, 0.25) is 0 Å². The third kappa shape index (κ3) is 7.15. The van der Waals surface area contributed by atoms with Crippen LogP contribution in [-0.2, 0) is 19.1 Å². The number of nitrogens with zero attached hydrogens (tertiary/aromatic N) is 1. The lowest BCUT2D eigenvalue weighted by Crippen LogP contribution is -2.40. The molecular weight excluding hydrogens is 589 g/mol. The maximum Gasteiger partial charge on any atom is 0.311 e. The number of carboxylic acids is 1. The summed E-state index contributed by atoms with van der Waals surface area (Å²) in [6.45, 7) is 0.719. The Labute approximate surface area is 223 Å². The Morgan fingerprint density at radius 2 is 1.29 bits per heavy atom. The van der Waals surface area contributed by atoms with Gasteiger partial charge in [0.25, 0.3) is 0 Å². The second-order valence-corrected chi connectivity index (χ2v) is 8.68. The third-order valence-electron chi connectivity index (χ3n) is 6.04. The fourth-order valence-corrected chi connectivity index (χ4v) is 3.66. The van der Waals surface area contributed by atoms with Gasteiger partial charge in [0.1, 0.15) is 0 Å². The number of carbonyl (C=O) groups excluding carboxylic acids is 2. The second-order valence-electron chi connectivity index (χ2n) is 8.68. The molecule has 18 heteroatoms. The average molecular weight is 607 g/mol. The topological polar surface area (TPSA) is 133 Å². The fourth-order valence-electron chi connectivity index (χ4n) is 3.66. The maximum atomic E-state index is 14.0. The number of hydrogen-bond acceptors (Lipinski definition) is 7. The monoisotopic (exact) mass is 607 g/mol. The van der Waals surface area contributed by atoms with Gasteiger partial charge >= 0.3 is 17.9 Å². The molecule has 1 aliphatic rings. The molecule has 41 heavy (non-hydrogen) atoms. The molecule has 2 rings (SSSR count). The highest BCUT2D eigenvalue weighted by Gasteiger charge is 2.45. The molecule has 0 radical (unpaired) electrons. The van der Waals surface area contributed by atoms with Gasteiger partial charge in [-0.25, -0.2) is 30.7 Å². The summed E-state index contributed by atoms with van der Waals surface area (Å²) in [5.74, 6) is -24.0.